The third-order valence-corrected chi connectivity index (χ3v) is 3.48. The number of aromatic nitrogens is 1. The summed E-state index contributed by atoms with van der Waals surface area (Å²) in [5.41, 5.74) is 1.14. The number of rotatable bonds is 7. The van der Waals surface area contributed by atoms with Crippen LogP contribution in [0.25, 0.3) is 0 Å². The van der Waals surface area contributed by atoms with Gasteiger partial charge in [0.05, 0.1) is 11.7 Å². The van der Waals surface area contributed by atoms with Crippen LogP contribution >= 0.6 is 0 Å². The molecule has 0 spiro atoms. The molecule has 2 rings (SSSR count). The van der Waals surface area contributed by atoms with Crippen molar-refractivity contribution in [3.05, 3.63) is 53.7 Å². The largest absolute Gasteiger partial charge is 0.480 e. The molecule has 27 heavy (non-hydrogen) atoms. The summed E-state index contributed by atoms with van der Waals surface area (Å²) < 4.78 is 5.43. The summed E-state index contributed by atoms with van der Waals surface area (Å²) in [4.78, 5) is 39.0. The number of benzene rings is 1. The Labute approximate surface area is 156 Å². The van der Waals surface area contributed by atoms with Crippen molar-refractivity contribution < 1.29 is 24.2 Å². The minimum Gasteiger partial charge on any atom is -0.480 e. The fourth-order valence-corrected chi connectivity index (χ4v) is 2.08. The summed E-state index contributed by atoms with van der Waals surface area (Å²) in [6, 6.07) is 8.34. The number of carboxylic acid groups (broad SMARTS) is 1. The molecule has 0 aliphatic carbocycles. The van der Waals surface area contributed by atoms with E-state index < -0.39 is 17.9 Å². The number of amides is 2. The van der Waals surface area contributed by atoms with Crippen LogP contribution in [0.1, 0.15) is 41.5 Å². The number of nitrogens with zero attached hydrogens (tertiary/aromatic N) is 1. The lowest BCUT2D eigenvalue weighted by atomic mass is 10.1. The SMILES string of the molecule is CC(C)Oc1ccc(C(=O)Nc2ccc(C(=O)NC(C)C(=O)O)cc2)cn1. The van der Waals surface area contributed by atoms with Crippen molar-refractivity contribution in [1.82, 2.24) is 10.3 Å². The molecule has 1 heterocycles. The first-order chi connectivity index (χ1) is 12.8. The molecule has 142 valence electrons. The van der Waals surface area contributed by atoms with Gasteiger partial charge < -0.3 is 20.5 Å². The van der Waals surface area contributed by atoms with E-state index in [1.54, 1.807) is 24.3 Å². The van der Waals surface area contributed by atoms with Crippen molar-refractivity contribution in [2.45, 2.75) is 32.9 Å². The van der Waals surface area contributed by atoms with Crippen molar-refractivity contribution in [3.8, 4) is 5.88 Å². The predicted octanol–water partition coefficient (Wildman–Crippen LogP) is 2.32. The van der Waals surface area contributed by atoms with Crippen molar-refractivity contribution in [2.24, 2.45) is 0 Å². The molecule has 8 nitrogen and oxygen atoms in total. The van der Waals surface area contributed by atoms with Crippen LogP contribution in [0.2, 0.25) is 0 Å². The zero-order valence-corrected chi connectivity index (χ0v) is 15.2. The Kier molecular flexibility index (Phi) is 6.48. The highest BCUT2D eigenvalue weighted by atomic mass is 16.5. The van der Waals surface area contributed by atoms with Crippen LogP contribution < -0.4 is 15.4 Å². The Bertz CT molecular complexity index is 816. The molecule has 1 unspecified atom stereocenters. The molecule has 1 aromatic heterocycles. The topological polar surface area (TPSA) is 118 Å². The molecule has 2 amide bonds. The molecule has 0 aliphatic rings. The Morgan fingerprint density at radius 2 is 1.59 bits per heavy atom. The minimum atomic E-state index is -1.12. The van der Waals surface area contributed by atoms with Crippen LogP contribution in [-0.4, -0.2) is 40.0 Å². The molecule has 0 saturated carbocycles. The Hall–Kier alpha value is -3.42. The van der Waals surface area contributed by atoms with Gasteiger partial charge in [-0.1, -0.05) is 0 Å². The maximum Gasteiger partial charge on any atom is 0.325 e. The Morgan fingerprint density at radius 3 is 2.11 bits per heavy atom. The number of hydrogen-bond donors (Lipinski definition) is 3. The van der Waals surface area contributed by atoms with Crippen LogP contribution in [-0.2, 0) is 4.79 Å². The van der Waals surface area contributed by atoms with E-state index in [4.69, 9.17) is 9.84 Å². The molecule has 0 radical (unpaired) electrons. The number of ether oxygens (including phenoxy) is 1. The standard InChI is InChI=1S/C19H21N3O5/c1-11(2)27-16-9-6-14(10-20-16)18(24)22-15-7-4-13(5-8-15)17(23)21-12(3)19(25)26/h4-12H,1-3H3,(H,21,23)(H,22,24)(H,25,26). The number of pyridine rings is 1. The number of carbonyl (C=O) groups excluding carboxylic acids is 2. The van der Waals surface area contributed by atoms with E-state index in [-0.39, 0.29) is 17.6 Å². The smallest absolute Gasteiger partial charge is 0.325 e. The molecule has 2 aromatic rings. The van der Waals surface area contributed by atoms with Crippen molar-refractivity contribution >= 4 is 23.5 Å². The van der Waals surface area contributed by atoms with Gasteiger partial charge in [0.25, 0.3) is 11.8 Å². The summed E-state index contributed by atoms with van der Waals surface area (Å²) in [7, 11) is 0. The molecule has 0 aliphatic heterocycles. The second-order valence-corrected chi connectivity index (χ2v) is 6.12. The molecule has 8 heteroatoms. The molecular formula is C19H21N3O5. The molecule has 0 bridgehead atoms. The zero-order valence-electron chi connectivity index (χ0n) is 15.2. The van der Waals surface area contributed by atoms with Crippen LogP contribution in [0.3, 0.4) is 0 Å². The predicted molar refractivity (Wildman–Crippen MR) is 99.0 cm³/mol. The summed E-state index contributed by atoms with van der Waals surface area (Å²) in [6.07, 6.45) is 1.41. The van der Waals surface area contributed by atoms with Gasteiger partial charge in [0, 0.05) is 23.5 Å². The van der Waals surface area contributed by atoms with Gasteiger partial charge in [0.15, 0.2) is 0 Å². The lowest BCUT2D eigenvalue weighted by Crippen LogP contribution is -2.38. The molecule has 1 atom stereocenters. The number of anilines is 1. The highest BCUT2D eigenvalue weighted by Crippen LogP contribution is 2.13. The fourth-order valence-electron chi connectivity index (χ4n) is 2.08. The van der Waals surface area contributed by atoms with Crippen molar-refractivity contribution in [2.75, 3.05) is 5.32 Å². The first-order valence-corrected chi connectivity index (χ1v) is 8.34. The second-order valence-electron chi connectivity index (χ2n) is 6.12. The summed E-state index contributed by atoms with van der Waals surface area (Å²) in [5.74, 6) is -1.54. The van der Waals surface area contributed by atoms with E-state index >= 15 is 0 Å². The zero-order chi connectivity index (χ0) is 20.0. The first kappa shape index (κ1) is 19.9. The maximum absolute atomic E-state index is 12.3. The number of carbonyl (C=O) groups is 3. The average Bonchev–Trinajstić information content (AvgIpc) is 2.62. The van der Waals surface area contributed by atoms with Crippen LogP contribution in [0.5, 0.6) is 5.88 Å². The van der Waals surface area contributed by atoms with E-state index in [0.717, 1.165) is 0 Å². The fraction of sp³-hybridized carbons (Fsp3) is 0.263. The van der Waals surface area contributed by atoms with Crippen LogP contribution in [0, 0.1) is 0 Å². The number of carboxylic acids is 1. The van der Waals surface area contributed by atoms with Gasteiger partial charge in [-0.15, -0.1) is 0 Å². The van der Waals surface area contributed by atoms with Gasteiger partial charge in [-0.05, 0) is 51.1 Å². The quantitative estimate of drug-likeness (QED) is 0.687. The molecular weight excluding hydrogens is 350 g/mol. The van der Waals surface area contributed by atoms with Crippen molar-refractivity contribution in [3.63, 3.8) is 0 Å². The third kappa shape index (κ3) is 5.81. The van der Waals surface area contributed by atoms with Crippen molar-refractivity contribution in [1.29, 1.82) is 0 Å². The Balaban J connectivity index is 1.98. The maximum atomic E-state index is 12.3. The van der Waals surface area contributed by atoms with Crippen LogP contribution in [0.15, 0.2) is 42.6 Å². The van der Waals surface area contributed by atoms with Gasteiger partial charge in [-0.2, -0.15) is 0 Å². The van der Waals surface area contributed by atoms with E-state index in [2.05, 4.69) is 15.6 Å². The molecule has 0 fully saturated rings. The second kappa shape index (κ2) is 8.79. The van der Waals surface area contributed by atoms with E-state index in [9.17, 15) is 14.4 Å². The van der Waals surface area contributed by atoms with Gasteiger partial charge in [-0.3, -0.25) is 14.4 Å². The third-order valence-electron chi connectivity index (χ3n) is 3.48. The highest BCUT2D eigenvalue weighted by molar-refractivity contribution is 6.04. The normalized spacial score (nSPS) is 11.6. The lowest BCUT2D eigenvalue weighted by molar-refractivity contribution is -0.138. The lowest BCUT2D eigenvalue weighted by Gasteiger charge is -2.10. The number of nitrogens with one attached hydrogen (secondary N) is 2. The van der Waals surface area contributed by atoms with Crippen LogP contribution in [0.4, 0.5) is 5.69 Å². The summed E-state index contributed by atoms with van der Waals surface area (Å²) in [6.45, 7) is 5.14. The number of aliphatic carboxylic acids is 1. The van der Waals surface area contributed by atoms with Gasteiger partial charge in [-0.25, -0.2) is 4.98 Å². The monoisotopic (exact) mass is 371 g/mol. The van der Waals surface area contributed by atoms with Gasteiger partial charge >= 0.3 is 5.97 Å². The Morgan fingerprint density at radius 1 is 0.963 bits per heavy atom. The average molecular weight is 371 g/mol. The van der Waals surface area contributed by atoms with Gasteiger partial charge in [0.2, 0.25) is 5.88 Å². The summed E-state index contributed by atoms with van der Waals surface area (Å²) in [5, 5.41) is 13.9. The van der Waals surface area contributed by atoms with Gasteiger partial charge in [0.1, 0.15) is 6.04 Å². The van der Waals surface area contributed by atoms with E-state index in [0.29, 0.717) is 17.1 Å². The molecule has 3 N–H and O–H groups in total. The van der Waals surface area contributed by atoms with E-state index in [1.807, 2.05) is 13.8 Å². The molecule has 0 saturated heterocycles. The number of hydrogen-bond acceptors (Lipinski definition) is 5. The van der Waals surface area contributed by atoms with E-state index in [1.165, 1.54) is 25.3 Å². The first-order valence-electron chi connectivity index (χ1n) is 8.34. The molecule has 1 aromatic carbocycles. The summed E-state index contributed by atoms with van der Waals surface area (Å²) >= 11 is 0. The minimum absolute atomic E-state index is 0.00798. The highest BCUT2D eigenvalue weighted by Gasteiger charge is 2.15.